The van der Waals surface area contributed by atoms with Crippen LogP contribution in [0.1, 0.15) is 29.3 Å². The molecule has 5 rings (SSSR count). The molecule has 2 aromatic heterocycles. The van der Waals surface area contributed by atoms with E-state index in [1.165, 1.54) is 0 Å². The molecule has 170 valence electrons. The standard InChI is InChI=1S/C27H30N4O2/c1-20-24(28-26(32-20)22-10-5-3-6-11-22)18-30-14-9-15-31(17-16-30)19-25-21(2)33-27(29-25)23-12-7-4-8-13-23/h3-8,10-13H,9,14-19H2,1-2H3. The molecule has 2 aromatic carbocycles. The fourth-order valence-corrected chi connectivity index (χ4v) is 4.32. The molecule has 0 radical (unpaired) electrons. The predicted octanol–water partition coefficient (Wildman–Crippen LogP) is 5.32. The number of hydrogen-bond donors (Lipinski definition) is 0. The van der Waals surface area contributed by atoms with E-state index in [4.69, 9.17) is 18.8 Å². The highest BCUT2D eigenvalue weighted by Gasteiger charge is 2.21. The maximum Gasteiger partial charge on any atom is 0.226 e. The zero-order chi connectivity index (χ0) is 22.6. The molecule has 0 N–H and O–H groups in total. The molecule has 0 unspecified atom stereocenters. The number of aryl methyl sites for hydroxylation is 2. The van der Waals surface area contributed by atoms with Gasteiger partial charge in [-0.3, -0.25) is 9.80 Å². The third kappa shape index (κ3) is 5.07. The summed E-state index contributed by atoms with van der Waals surface area (Å²) in [5.41, 5.74) is 4.10. The second-order valence-electron chi connectivity index (χ2n) is 8.68. The minimum Gasteiger partial charge on any atom is -0.441 e. The lowest BCUT2D eigenvalue weighted by Crippen LogP contribution is -2.30. The lowest BCUT2D eigenvalue weighted by molar-refractivity contribution is 0.243. The average molecular weight is 443 g/mol. The van der Waals surface area contributed by atoms with E-state index >= 15 is 0 Å². The van der Waals surface area contributed by atoms with Crippen molar-refractivity contribution in [1.82, 2.24) is 19.8 Å². The Balaban J connectivity index is 1.21. The first kappa shape index (κ1) is 21.6. The van der Waals surface area contributed by atoms with Crippen molar-refractivity contribution < 1.29 is 8.83 Å². The third-order valence-corrected chi connectivity index (χ3v) is 6.25. The Labute approximate surface area is 194 Å². The Morgan fingerprint density at radius 1 is 0.636 bits per heavy atom. The summed E-state index contributed by atoms with van der Waals surface area (Å²) >= 11 is 0. The summed E-state index contributed by atoms with van der Waals surface area (Å²) < 4.78 is 11.9. The molecule has 0 atom stereocenters. The fourth-order valence-electron chi connectivity index (χ4n) is 4.32. The highest BCUT2D eigenvalue weighted by molar-refractivity contribution is 5.54. The highest BCUT2D eigenvalue weighted by Crippen LogP contribution is 2.24. The molecular weight excluding hydrogens is 412 g/mol. The number of aromatic nitrogens is 2. The summed E-state index contributed by atoms with van der Waals surface area (Å²) in [4.78, 5) is 14.5. The smallest absolute Gasteiger partial charge is 0.226 e. The molecule has 1 fully saturated rings. The van der Waals surface area contributed by atoms with Crippen LogP contribution >= 0.6 is 0 Å². The minimum absolute atomic E-state index is 0.704. The third-order valence-electron chi connectivity index (χ3n) is 6.25. The van der Waals surface area contributed by atoms with Crippen LogP contribution in [0, 0.1) is 13.8 Å². The summed E-state index contributed by atoms with van der Waals surface area (Å²) in [6.07, 6.45) is 1.12. The first-order valence-electron chi connectivity index (χ1n) is 11.6. The molecule has 0 saturated carbocycles. The number of hydrogen-bond acceptors (Lipinski definition) is 6. The van der Waals surface area contributed by atoms with Crippen LogP contribution in [0.5, 0.6) is 0 Å². The van der Waals surface area contributed by atoms with E-state index in [-0.39, 0.29) is 0 Å². The van der Waals surface area contributed by atoms with Gasteiger partial charge in [0, 0.05) is 37.3 Å². The van der Waals surface area contributed by atoms with Crippen LogP contribution in [0.25, 0.3) is 22.9 Å². The summed E-state index contributed by atoms with van der Waals surface area (Å²) in [6, 6.07) is 20.2. The van der Waals surface area contributed by atoms with Crippen molar-refractivity contribution >= 4 is 0 Å². The summed E-state index contributed by atoms with van der Waals surface area (Å²) in [6.45, 7) is 9.75. The molecule has 33 heavy (non-hydrogen) atoms. The van der Waals surface area contributed by atoms with E-state index in [0.29, 0.717) is 11.8 Å². The van der Waals surface area contributed by atoms with Gasteiger partial charge in [-0.2, -0.15) is 0 Å². The molecule has 1 saturated heterocycles. The van der Waals surface area contributed by atoms with Crippen LogP contribution in [0.4, 0.5) is 0 Å². The van der Waals surface area contributed by atoms with Crippen LogP contribution in [-0.4, -0.2) is 45.9 Å². The molecule has 4 aromatic rings. The molecule has 6 heteroatoms. The van der Waals surface area contributed by atoms with E-state index in [2.05, 4.69) is 9.80 Å². The number of benzene rings is 2. The van der Waals surface area contributed by atoms with Crippen molar-refractivity contribution in [2.45, 2.75) is 33.4 Å². The lowest BCUT2D eigenvalue weighted by atomic mass is 10.2. The molecule has 1 aliphatic rings. The van der Waals surface area contributed by atoms with E-state index < -0.39 is 0 Å². The molecular formula is C27H30N4O2. The fraction of sp³-hybridized carbons (Fsp3) is 0.333. The van der Waals surface area contributed by atoms with Gasteiger partial charge in [0.2, 0.25) is 11.8 Å². The van der Waals surface area contributed by atoms with Crippen LogP contribution < -0.4 is 0 Å². The number of nitrogens with zero attached hydrogens (tertiary/aromatic N) is 4. The molecule has 1 aliphatic heterocycles. The Morgan fingerprint density at radius 2 is 1.06 bits per heavy atom. The van der Waals surface area contributed by atoms with Crippen LogP contribution in [0.2, 0.25) is 0 Å². The van der Waals surface area contributed by atoms with E-state index in [1.807, 2.05) is 74.5 Å². The van der Waals surface area contributed by atoms with E-state index in [1.54, 1.807) is 0 Å². The topological polar surface area (TPSA) is 58.5 Å². The van der Waals surface area contributed by atoms with Crippen molar-refractivity contribution in [1.29, 1.82) is 0 Å². The van der Waals surface area contributed by atoms with Gasteiger partial charge in [0.25, 0.3) is 0 Å². The van der Waals surface area contributed by atoms with Gasteiger partial charge in [-0.05, 0) is 57.6 Å². The van der Waals surface area contributed by atoms with Crippen molar-refractivity contribution in [3.8, 4) is 22.9 Å². The molecule has 6 nitrogen and oxygen atoms in total. The summed E-state index contributed by atoms with van der Waals surface area (Å²) in [7, 11) is 0. The Hall–Kier alpha value is -3.22. The predicted molar refractivity (Wildman–Crippen MR) is 129 cm³/mol. The second kappa shape index (κ2) is 9.73. The van der Waals surface area contributed by atoms with Gasteiger partial charge >= 0.3 is 0 Å². The molecule has 0 bridgehead atoms. The van der Waals surface area contributed by atoms with Gasteiger partial charge in [-0.25, -0.2) is 9.97 Å². The van der Waals surface area contributed by atoms with Gasteiger partial charge in [-0.15, -0.1) is 0 Å². The lowest BCUT2D eigenvalue weighted by Gasteiger charge is -2.20. The van der Waals surface area contributed by atoms with Crippen molar-refractivity contribution in [2.24, 2.45) is 0 Å². The minimum atomic E-state index is 0.704. The number of rotatable bonds is 6. The first-order valence-corrected chi connectivity index (χ1v) is 11.6. The molecule has 0 amide bonds. The Bertz CT molecular complexity index is 1090. The van der Waals surface area contributed by atoms with Gasteiger partial charge in [0.1, 0.15) is 11.5 Å². The van der Waals surface area contributed by atoms with Crippen LogP contribution in [0.15, 0.2) is 69.5 Å². The van der Waals surface area contributed by atoms with E-state index in [0.717, 1.165) is 79.7 Å². The van der Waals surface area contributed by atoms with Gasteiger partial charge < -0.3 is 8.83 Å². The van der Waals surface area contributed by atoms with Crippen molar-refractivity contribution in [3.05, 3.63) is 83.6 Å². The first-order chi connectivity index (χ1) is 16.2. The maximum absolute atomic E-state index is 5.96. The Kier molecular flexibility index (Phi) is 6.37. The molecule has 0 aliphatic carbocycles. The average Bonchev–Trinajstić information content (AvgIpc) is 3.31. The molecule has 0 spiro atoms. The normalized spacial score (nSPS) is 15.6. The monoisotopic (exact) mass is 442 g/mol. The van der Waals surface area contributed by atoms with E-state index in [9.17, 15) is 0 Å². The van der Waals surface area contributed by atoms with Crippen molar-refractivity contribution in [2.75, 3.05) is 26.2 Å². The van der Waals surface area contributed by atoms with Gasteiger partial charge in [0.15, 0.2) is 0 Å². The van der Waals surface area contributed by atoms with Gasteiger partial charge in [-0.1, -0.05) is 36.4 Å². The SMILES string of the molecule is Cc1oc(-c2ccccc2)nc1CN1CCCN(Cc2nc(-c3ccccc3)oc2C)CC1. The van der Waals surface area contributed by atoms with Crippen LogP contribution in [0.3, 0.4) is 0 Å². The molecule has 3 heterocycles. The largest absolute Gasteiger partial charge is 0.441 e. The van der Waals surface area contributed by atoms with Crippen LogP contribution in [-0.2, 0) is 13.1 Å². The quantitative estimate of drug-likeness (QED) is 0.403. The Morgan fingerprint density at radius 3 is 1.48 bits per heavy atom. The summed E-state index contributed by atoms with van der Waals surface area (Å²) in [5, 5.41) is 0. The zero-order valence-corrected chi connectivity index (χ0v) is 19.3. The second-order valence-corrected chi connectivity index (χ2v) is 8.68. The number of oxazole rings is 2. The maximum atomic E-state index is 5.96. The van der Waals surface area contributed by atoms with Gasteiger partial charge in [0.05, 0.1) is 11.4 Å². The van der Waals surface area contributed by atoms with Crippen molar-refractivity contribution in [3.63, 3.8) is 0 Å². The highest BCUT2D eigenvalue weighted by atomic mass is 16.4. The zero-order valence-electron chi connectivity index (χ0n) is 19.3. The summed E-state index contributed by atoms with van der Waals surface area (Å²) in [5.74, 6) is 3.22.